The van der Waals surface area contributed by atoms with Crippen LogP contribution in [0.25, 0.3) is 11.1 Å². The molecule has 0 radical (unpaired) electrons. The highest BCUT2D eigenvalue weighted by atomic mass is 19.3. The molecule has 198 valence electrons. The molecule has 1 atom stereocenters. The molecule has 1 saturated carbocycles. The molecule has 2 aliphatic rings. The van der Waals surface area contributed by atoms with Crippen LogP contribution in [-0.2, 0) is 11.2 Å². The number of rotatable bonds is 5. The van der Waals surface area contributed by atoms with E-state index in [2.05, 4.69) is 23.6 Å². The van der Waals surface area contributed by atoms with Crippen molar-refractivity contribution in [3.05, 3.63) is 59.2 Å². The summed E-state index contributed by atoms with van der Waals surface area (Å²) in [5.74, 6) is -4.12. The van der Waals surface area contributed by atoms with E-state index in [0.29, 0.717) is 23.6 Å². The van der Waals surface area contributed by atoms with Gasteiger partial charge in [0.2, 0.25) is 11.8 Å². The van der Waals surface area contributed by atoms with Gasteiger partial charge in [-0.15, -0.1) is 0 Å². The van der Waals surface area contributed by atoms with Crippen molar-refractivity contribution in [2.75, 3.05) is 26.2 Å². The van der Waals surface area contributed by atoms with Gasteiger partial charge in [-0.3, -0.25) is 14.6 Å². The summed E-state index contributed by atoms with van der Waals surface area (Å²) in [5.41, 5.74) is 7.87. The van der Waals surface area contributed by atoms with Crippen LogP contribution < -0.4 is 5.73 Å². The van der Waals surface area contributed by atoms with E-state index < -0.39 is 23.5 Å². The monoisotopic (exact) mass is 507 g/mol. The summed E-state index contributed by atoms with van der Waals surface area (Å²) in [6.45, 7) is 10.2. The molecule has 1 heterocycles. The van der Waals surface area contributed by atoms with Crippen LogP contribution in [0.5, 0.6) is 0 Å². The molecule has 1 unspecified atom stereocenters. The van der Waals surface area contributed by atoms with Crippen molar-refractivity contribution in [1.82, 2.24) is 9.80 Å². The number of benzene rings is 2. The number of halogens is 4. The minimum Gasteiger partial charge on any atom is -0.369 e. The van der Waals surface area contributed by atoms with Gasteiger partial charge in [0.05, 0.1) is 6.42 Å². The molecule has 36 heavy (non-hydrogen) atoms. The molecule has 2 N–H and O–H groups in total. The summed E-state index contributed by atoms with van der Waals surface area (Å²) in [4.78, 5) is 15.7. The van der Waals surface area contributed by atoms with E-state index in [9.17, 15) is 22.4 Å². The summed E-state index contributed by atoms with van der Waals surface area (Å²) < 4.78 is 53.2. The van der Waals surface area contributed by atoms with E-state index in [1.807, 2.05) is 0 Å². The molecule has 4 rings (SSSR count). The maximum atomic E-state index is 13.4. The lowest BCUT2D eigenvalue weighted by molar-refractivity contribution is -0.117. The predicted molar refractivity (Wildman–Crippen MR) is 135 cm³/mol. The Bertz CT molecular complexity index is 1020. The van der Waals surface area contributed by atoms with Crippen LogP contribution in [0.1, 0.15) is 50.7 Å². The Morgan fingerprint density at radius 2 is 1.72 bits per heavy atom. The van der Waals surface area contributed by atoms with Crippen molar-refractivity contribution >= 4 is 5.91 Å². The molecule has 0 aromatic heterocycles. The molecule has 0 bridgehead atoms. The topological polar surface area (TPSA) is 49.6 Å². The maximum Gasteiger partial charge on any atom is 0.249 e. The van der Waals surface area contributed by atoms with Crippen molar-refractivity contribution in [3.63, 3.8) is 0 Å². The Balaban J connectivity index is 0.000000202. The fourth-order valence-corrected chi connectivity index (χ4v) is 5.16. The van der Waals surface area contributed by atoms with Crippen molar-refractivity contribution in [2.24, 2.45) is 5.73 Å². The van der Waals surface area contributed by atoms with E-state index in [0.717, 1.165) is 49.8 Å². The number of nitrogens with two attached hydrogens (primary N) is 1. The number of hydrogen-bond donors (Lipinski definition) is 1. The second-order valence-electron chi connectivity index (χ2n) is 10.2. The lowest BCUT2D eigenvalue weighted by Gasteiger charge is -2.43. The molecule has 8 heteroatoms. The van der Waals surface area contributed by atoms with Crippen LogP contribution in [0.3, 0.4) is 0 Å². The van der Waals surface area contributed by atoms with Crippen LogP contribution in [0.2, 0.25) is 0 Å². The third-order valence-corrected chi connectivity index (χ3v) is 7.19. The molecular weight excluding hydrogens is 470 g/mol. The number of carbonyl (C=O) groups excluding carboxylic acids is 1. The van der Waals surface area contributed by atoms with Gasteiger partial charge in [0.15, 0.2) is 0 Å². The minimum atomic E-state index is -2.42. The summed E-state index contributed by atoms with van der Waals surface area (Å²) in [5, 5.41) is 0. The third-order valence-electron chi connectivity index (χ3n) is 7.19. The minimum absolute atomic E-state index is 0.0781. The molecule has 1 aliphatic carbocycles. The number of piperazine rings is 1. The fraction of sp³-hybridized carbons (Fsp3) is 0.536. The van der Waals surface area contributed by atoms with E-state index in [1.54, 1.807) is 25.1 Å². The smallest absolute Gasteiger partial charge is 0.249 e. The Morgan fingerprint density at radius 3 is 2.28 bits per heavy atom. The summed E-state index contributed by atoms with van der Waals surface area (Å²) in [7, 11) is 0. The quantitative estimate of drug-likeness (QED) is 0.540. The van der Waals surface area contributed by atoms with Gasteiger partial charge in [0.1, 0.15) is 11.6 Å². The zero-order chi connectivity index (χ0) is 26.5. The van der Waals surface area contributed by atoms with Gasteiger partial charge in [-0.1, -0.05) is 18.2 Å². The van der Waals surface area contributed by atoms with Crippen LogP contribution in [-0.4, -0.2) is 59.9 Å². The van der Waals surface area contributed by atoms with Crippen LogP contribution in [0.4, 0.5) is 17.6 Å². The fourth-order valence-electron chi connectivity index (χ4n) is 5.16. The highest BCUT2D eigenvalue weighted by Crippen LogP contribution is 2.35. The average Bonchev–Trinajstić information content (AvgIpc) is 2.79. The van der Waals surface area contributed by atoms with E-state index in [-0.39, 0.29) is 25.3 Å². The first-order valence-electron chi connectivity index (χ1n) is 12.6. The number of amides is 1. The van der Waals surface area contributed by atoms with Crippen LogP contribution in [0.15, 0.2) is 36.4 Å². The molecule has 0 spiro atoms. The highest BCUT2D eigenvalue weighted by molar-refractivity contribution is 5.78. The van der Waals surface area contributed by atoms with E-state index >= 15 is 0 Å². The first kappa shape index (κ1) is 28.1. The van der Waals surface area contributed by atoms with Gasteiger partial charge < -0.3 is 5.73 Å². The van der Waals surface area contributed by atoms with Gasteiger partial charge in [-0.2, -0.15) is 0 Å². The Labute approximate surface area is 211 Å². The van der Waals surface area contributed by atoms with Gasteiger partial charge in [-0.05, 0) is 68.0 Å². The van der Waals surface area contributed by atoms with Gasteiger partial charge in [-0.25, -0.2) is 17.6 Å². The molecule has 2 fully saturated rings. The lowest BCUT2D eigenvalue weighted by Crippen LogP contribution is -2.53. The summed E-state index contributed by atoms with van der Waals surface area (Å²) in [6.07, 6.45) is 1.92. The number of carbonyl (C=O) groups is 1. The van der Waals surface area contributed by atoms with Crippen molar-refractivity contribution in [2.45, 2.75) is 70.9 Å². The highest BCUT2D eigenvalue weighted by Gasteiger charge is 2.39. The average molecular weight is 508 g/mol. The van der Waals surface area contributed by atoms with E-state index in [1.165, 1.54) is 12.1 Å². The first-order valence-corrected chi connectivity index (χ1v) is 12.6. The third kappa shape index (κ3) is 7.77. The van der Waals surface area contributed by atoms with Crippen LogP contribution in [0, 0.1) is 18.6 Å². The second-order valence-corrected chi connectivity index (χ2v) is 10.2. The summed E-state index contributed by atoms with van der Waals surface area (Å²) in [6, 6.07) is 9.32. The Hall–Kier alpha value is -2.45. The van der Waals surface area contributed by atoms with Crippen molar-refractivity contribution < 1.29 is 22.4 Å². The molecule has 1 aliphatic heterocycles. The molecule has 1 saturated heterocycles. The maximum absolute atomic E-state index is 13.4. The number of alkyl halides is 2. The molecular formula is C28H37F4N3O. The summed E-state index contributed by atoms with van der Waals surface area (Å²) >= 11 is 0. The molecule has 2 aromatic carbocycles. The zero-order valence-electron chi connectivity index (χ0n) is 21.4. The van der Waals surface area contributed by atoms with Gasteiger partial charge in [0, 0.05) is 57.2 Å². The standard InChI is InChI=1S/C15H13F2NO.C13H24F2N2/c1-9-10(7-15(18)19)3-2-4-14(9)11-5-12(16)8-13(17)6-11;1-11(2)16-6-8-17(9-7-16)12-4-3-5-13(14,15)10-12/h2-6,8H,7H2,1H3,(H2,18,19);11-12H,3-10H2,1-2H3. The molecule has 4 nitrogen and oxygen atoms in total. The predicted octanol–water partition coefficient (Wildman–Crippen LogP) is 5.56. The Morgan fingerprint density at radius 1 is 1.08 bits per heavy atom. The Kier molecular flexibility index (Phi) is 9.53. The van der Waals surface area contributed by atoms with E-state index in [4.69, 9.17) is 5.73 Å². The van der Waals surface area contributed by atoms with Gasteiger partial charge in [0.25, 0.3) is 0 Å². The van der Waals surface area contributed by atoms with Crippen molar-refractivity contribution in [3.8, 4) is 11.1 Å². The second kappa shape index (κ2) is 12.2. The first-order chi connectivity index (χ1) is 16.9. The van der Waals surface area contributed by atoms with Crippen LogP contribution >= 0.6 is 0 Å². The largest absolute Gasteiger partial charge is 0.369 e. The SMILES string of the molecule is CC(C)N1CCN(C2CCCC(F)(F)C2)CC1.Cc1c(CC(N)=O)cccc1-c1cc(F)cc(F)c1. The number of nitrogens with zero attached hydrogens (tertiary/aromatic N) is 2. The molecule has 1 amide bonds. The molecule has 2 aromatic rings. The van der Waals surface area contributed by atoms with Gasteiger partial charge >= 0.3 is 0 Å². The lowest BCUT2D eigenvalue weighted by atomic mass is 9.90. The van der Waals surface area contributed by atoms with Crippen molar-refractivity contribution in [1.29, 1.82) is 0 Å². The number of primary amides is 1. The normalized spacial score (nSPS) is 20.6. The number of hydrogen-bond acceptors (Lipinski definition) is 3. The zero-order valence-corrected chi connectivity index (χ0v) is 21.4.